The molecule has 17 heavy (non-hydrogen) atoms. The number of hydrogen-bond acceptors (Lipinski definition) is 3. The van der Waals surface area contributed by atoms with Gasteiger partial charge in [-0.1, -0.05) is 37.3 Å². The summed E-state index contributed by atoms with van der Waals surface area (Å²) < 4.78 is 0.795. The van der Waals surface area contributed by atoms with E-state index >= 15 is 0 Å². The van der Waals surface area contributed by atoms with Crippen LogP contribution < -0.4 is 0 Å². The van der Waals surface area contributed by atoms with Gasteiger partial charge in [0.15, 0.2) is 0 Å². The highest BCUT2D eigenvalue weighted by Gasteiger charge is 2.16. The zero-order valence-corrected chi connectivity index (χ0v) is 11.9. The van der Waals surface area contributed by atoms with Crippen LogP contribution >= 0.6 is 27.3 Å². The van der Waals surface area contributed by atoms with Crippen molar-refractivity contribution in [2.45, 2.75) is 25.4 Å². The molecule has 2 aromatic rings. The van der Waals surface area contributed by atoms with Crippen molar-refractivity contribution in [3.8, 4) is 0 Å². The molecule has 2 unspecified atom stereocenters. The van der Waals surface area contributed by atoms with Crippen molar-refractivity contribution in [1.29, 1.82) is 0 Å². The lowest BCUT2D eigenvalue weighted by Gasteiger charge is -2.15. The summed E-state index contributed by atoms with van der Waals surface area (Å²) in [7, 11) is 0. The molecule has 1 aromatic heterocycles. The molecular weight excluding hydrogens is 298 g/mol. The fourth-order valence-electron chi connectivity index (χ4n) is 1.77. The minimum Gasteiger partial charge on any atom is -0.386 e. The molecule has 0 aliphatic rings. The molecule has 0 saturated heterocycles. The summed E-state index contributed by atoms with van der Waals surface area (Å²) in [6.45, 7) is 2.13. The first-order valence-electron chi connectivity index (χ1n) is 5.50. The summed E-state index contributed by atoms with van der Waals surface area (Å²) in [5.41, 5.74) is 1.25. The van der Waals surface area contributed by atoms with Crippen LogP contribution in [0.1, 0.15) is 35.9 Å². The van der Waals surface area contributed by atoms with Gasteiger partial charge in [-0.05, 0) is 33.8 Å². The Morgan fingerprint density at radius 1 is 1.35 bits per heavy atom. The molecule has 2 nitrogen and oxygen atoms in total. The molecule has 0 radical (unpaired) electrons. The average Bonchev–Trinajstić information content (AvgIpc) is 2.77. The Morgan fingerprint density at radius 2 is 2.06 bits per heavy atom. The van der Waals surface area contributed by atoms with E-state index in [1.165, 1.54) is 16.9 Å². The van der Waals surface area contributed by atoms with E-state index in [4.69, 9.17) is 0 Å². The van der Waals surface area contributed by atoms with E-state index in [2.05, 4.69) is 40.0 Å². The Morgan fingerprint density at radius 3 is 2.65 bits per heavy atom. The minimum absolute atomic E-state index is 0.328. The first kappa shape index (κ1) is 12.7. The molecule has 4 heteroatoms. The third-order valence-electron chi connectivity index (χ3n) is 2.72. The Kier molecular flexibility index (Phi) is 4.31. The van der Waals surface area contributed by atoms with E-state index < -0.39 is 6.10 Å². The van der Waals surface area contributed by atoms with Gasteiger partial charge in [-0.3, -0.25) is 0 Å². The molecule has 0 saturated carbocycles. The molecular formula is C13H14BrNOS. The predicted octanol–water partition coefficient (Wildman–Crippen LogP) is 4.13. The number of thiazole rings is 1. The Hall–Kier alpha value is -0.710. The molecule has 0 fully saturated rings. The summed E-state index contributed by atoms with van der Waals surface area (Å²) in [4.78, 5) is 4.24. The number of benzene rings is 1. The van der Waals surface area contributed by atoms with Gasteiger partial charge in [-0.25, -0.2) is 4.98 Å². The normalized spacial score (nSPS) is 14.5. The smallest absolute Gasteiger partial charge is 0.123 e. The van der Waals surface area contributed by atoms with Gasteiger partial charge in [-0.15, -0.1) is 11.3 Å². The van der Waals surface area contributed by atoms with Crippen LogP contribution in [-0.4, -0.2) is 10.1 Å². The Bertz CT molecular complexity index is 471. The topological polar surface area (TPSA) is 33.1 Å². The molecule has 0 aliphatic carbocycles. The van der Waals surface area contributed by atoms with Gasteiger partial charge in [0.05, 0.1) is 0 Å². The SMILES string of the molecule is CC(CC(O)c1nc(Br)cs1)c1ccccc1. The van der Waals surface area contributed by atoms with E-state index in [0.717, 1.165) is 9.61 Å². The van der Waals surface area contributed by atoms with Crippen LogP contribution in [0.15, 0.2) is 40.3 Å². The lowest BCUT2D eigenvalue weighted by atomic mass is 9.95. The quantitative estimate of drug-likeness (QED) is 0.920. The maximum Gasteiger partial charge on any atom is 0.123 e. The lowest BCUT2D eigenvalue weighted by molar-refractivity contribution is 0.159. The molecule has 1 aromatic carbocycles. The minimum atomic E-state index is -0.485. The summed E-state index contributed by atoms with van der Waals surface area (Å²) in [6.07, 6.45) is 0.214. The monoisotopic (exact) mass is 311 g/mol. The van der Waals surface area contributed by atoms with Gasteiger partial charge in [0.1, 0.15) is 15.7 Å². The van der Waals surface area contributed by atoms with Gasteiger partial charge < -0.3 is 5.11 Å². The van der Waals surface area contributed by atoms with Crippen LogP contribution in [-0.2, 0) is 0 Å². The van der Waals surface area contributed by atoms with E-state index in [9.17, 15) is 5.11 Å². The number of aliphatic hydroxyl groups is 1. The van der Waals surface area contributed by atoms with Crippen molar-refractivity contribution >= 4 is 27.3 Å². The fraction of sp³-hybridized carbons (Fsp3) is 0.308. The van der Waals surface area contributed by atoms with Gasteiger partial charge in [0.25, 0.3) is 0 Å². The number of hydrogen-bond donors (Lipinski definition) is 1. The highest BCUT2D eigenvalue weighted by Crippen LogP contribution is 2.30. The van der Waals surface area contributed by atoms with Crippen molar-refractivity contribution in [3.63, 3.8) is 0 Å². The van der Waals surface area contributed by atoms with Crippen LogP contribution in [0.4, 0.5) is 0 Å². The molecule has 2 rings (SSSR count). The number of halogens is 1. The molecule has 0 amide bonds. The first-order chi connectivity index (χ1) is 8.16. The summed E-state index contributed by atoms with van der Waals surface area (Å²) in [6, 6.07) is 10.2. The molecule has 0 bridgehead atoms. The Balaban J connectivity index is 2.02. The zero-order chi connectivity index (χ0) is 12.3. The second kappa shape index (κ2) is 5.76. The second-order valence-electron chi connectivity index (χ2n) is 4.07. The number of aromatic nitrogens is 1. The maximum atomic E-state index is 10.1. The Labute approximate surface area is 113 Å². The van der Waals surface area contributed by atoms with Crippen molar-refractivity contribution in [2.75, 3.05) is 0 Å². The molecule has 2 atom stereocenters. The summed E-state index contributed by atoms with van der Waals surface area (Å²) >= 11 is 4.79. The maximum absolute atomic E-state index is 10.1. The molecule has 1 heterocycles. The van der Waals surface area contributed by atoms with Crippen LogP contribution in [0.5, 0.6) is 0 Å². The van der Waals surface area contributed by atoms with Crippen LogP contribution in [0.2, 0.25) is 0 Å². The van der Waals surface area contributed by atoms with Gasteiger partial charge in [0, 0.05) is 5.38 Å². The fourth-order valence-corrected chi connectivity index (χ4v) is 3.04. The summed E-state index contributed by atoms with van der Waals surface area (Å²) in [5, 5.41) is 12.8. The average molecular weight is 312 g/mol. The van der Waals surface area contributed by atoms with Crippen molar-refractivity contribution in [2.24, 2.45) is 0 Å². The third-order valence-corrected chi connectivity index (χ3v) is 4.38. The van der Waals surface area contributed by atoms with Crippen molar-refractivity contribution < 1.29 is 5.11 Å². The summed E-state index contributed by atoms with van der Waals surface area (Å²) in [5.74, 6) is 0.328. The lowest BCUT2D eigenvalue weighted by Crippen LogP contribution is -2.03. The van der Waals surface area contributed by atoms with Gasteiger partial charge >= 0.3 is 0 Å². The first-order valence-corrected chi connectivity index (χ1v) is 7.18. The largest absolute Gasteiger partial charge is 0.386 e. The number of aliphatic hydroxyl groups excluding tert-OH is 1. The van der Waals surface area contributed by atoms with E-state index in [1.807, 2.05) is 23.6 Å². The van der Waals surface area contributed by atoms with E-state index in [0.29, 0.717) is 12.3 Å². The highest BCUT2D eigenvalue weighted by molar-refractivity contribution is 9.10. The van der Waals surface area contributed by atoms with E-state index in [1.54, 1.807) is 0 Å². The van der Waals surface area contributed by atoms with Crippen LogP contribution in [0, 0.1) is 0 Å². The molecule has 0 spiro atoms. The molecule has 90 valence electrons. The van der Waals surface area contributed by atoms with Gasteiger partial charge in [-0.2, -0.15) is 0 Å². The highest BCUT2D eigenvalue weighted by atomic mass is 79.9. The van der Waals surface area contributed by atoms with Crippen molar-refractivity contribution in [1.82, 2.24) is 4.98 Å². The van der Waals surface area contributed by atoms with Crippen LogP contribution in [0.3, 0.4) is 0 Å². The third kappa shape index (κ3) is 3.37. The predicted molar refractivity (Wildman–Crippen MR) is 74.2 cm³/mol. The molecule has 1 N–H and O–H groups in total. The zero-order valence-electron chi connectivity index (χ0n) is 9.51. The van der Waals surface area contributed by atoms with Gasteiger partial charge in [0.2, 0.25) is 0 Å². The van der Waals surface area contributed by atoms with Crippen LogP contribution in [0.25, 0.3) is 0 Å². The number of rotatable bonds is 4. The number of nitrogens with zero attached hydrogens (tertiary/aromatic N) is 1. The standard InChI is InChI=1S/C13H14BrNOS/c1-9(10-5-3-2-4-6-10)7-11(16)13-15-12(14)8-17-13/h2-6,8-9,11,16H,7H2,1H3. The van der Waals surface area contributed by atoms with Crippen molar-refractivity contribution in [3.05, 3.63) is 50.9 Å². The van der Waals surface area contributed by atoms with E-state index in [-0.39, 0.29) is 0 Å². The molecule has 0 aliphatic heterocycles. The second-order valence-corrected chi connectivity index (χ2v) is 5.77.